The lowest BCUT2D eigenvalue weighted by molar-refractivity contribution is -0.138. The number of aliphatic carboxylic acids is 1. The van der Waals surface area contributed by atoms with E-state index in [2.05, 4.69) is 4.98 Å². The van der Waals surface area contributed by atoms with Gasteiger partial charge in [-0.25, -0.2) is 4.79 Å². The van der Waals surface area contributed by atoms with E-state index in [1.54, 1.807) is 0 Å². The molecule has 0 saturated carbocycles. The molecule has 1 aliphatic rings. The number of nitriles is 1. The fourth-order valence-corrected chi connectivity index (χ4v) is 2.02. The zero-order valence-electron chi connectivity index (χ0n) is 8.95. The third kappa shape index (κ3) is 2.05. The number of aliphatic hydroxyl groups is 1. The van der Waals surface area contributed by atoms with Gasteiger partial charge in [0, 0.05) is 19.2 Å². The molecular formula is C11H11N3O3. The number of carbonyl (C=O) groups is 1. The number of aromatic nitrogens is 1. The lowest BCUT2D eigenvalue weighted by atomic mass is 10.2. The number of pyridine rings is 1. The van der Waals surface area contributed by atoms with Crippen molar-refractivity contribution in [3.05, 3.63) is 24.0 Å². The first-order valence-corrected chi connectivity index (χ1v) is 5.15. The van der Waals surface area contributed by atoms with Crippen molar-refractivity contribution in [3.8, 4) is 6.07 Å². The summed E-state index contributed by atoms with van der Waals surface area (Å²) in [6, 6.07) is 2.71. The molecular weight excluding hydrogens is 222 g/mol. The third-order valence-electron chi connectivity index (χ3n) is 2.79. The number of aliphatic hydroxyl groups excluding tert-OH is 1. The molecule has 1 fully saturated rings. The Hall–Kier alpha value is -2.13. The Morgan fingerprint density at radius 3 is 3.06 bits per heavy atom. The highest BCUT2D eigenvalue weighted by Crippen LogP contribution is 2.27. The quantitative estimate of drug-likeness (QED) is 0.744. The molecule has 1 aromatic rings. The predicted octanol–water partition coefficient (Wildman–Crippen LogP) is -0.0225. The van der Waals surface area contributed by atoms with Gasteiger partial charge in [0.1, 0.15) is 12.1 Å². The van der Waals surface area contributed by atoms with Gasteiger partial charge in [0.05, 0.1) is 23.6 Å². The highest BCUT2D eigenvalue weighted by atomic mass is 16.4. The van der Waals surface area contributed by atoms with Gasteiger partial charge >= 0.3 is 5.97 Å². The average molecular weight is 233 g/mol. The van der Waals surface area contributed by atoms with Crippen LogP contribution in [0.1, 0.15) is 12.0 Å². The van der Waals surface area contributed by atoms with E-state index in [4.69, 9.17) is 10.4 Å². The molecule has 2 N–H and O–H groups in total. The lowest BCUT2D eigenvalue weighted by Crippen LogP contribution is -2.36. The number of hydrogen-bond donors (Lipinski definition) is 2. The molecule has 6 heteroatoms. The number of nitrogens with zero attached hydrogens (tertiary/aromatic N) is 3. The smallest absolute Gasteiger partial charge is 0.326 e. The highest BCUT2D eigenvalue weighted by molar-refractivity contribution is 5.80. The molecule has 0 radical (unpaired) electrons. The van der Waals surface area contributed by atoms with Crippen molar-refractivity contribution < 1.29 is 15.0 Å². The number of anilines is 1. The minimum atomic E-state index is -1.01. The summed E-state index contributed by atoms with van der Waals surface area (Å²) in [7, 11) is 0. The Labute approximate surface area is 97.7 Å². The van der Waals surface area contributed by atoms with Crippen LogP contribution in [-0.4, -0.2) is 39.9 Å². The largest absolute Gasteiger partial charge is 0.480 e. The molecule has 1 aromatic heterocycles. The number of β-amino-alcohol motifs (C(OH)–C–C–N with tert-alkyl or cyclic N) is 1. The average Bonchev–Trinajstić information content (AvgIpc) is 2.71. The standard InChI is InChI=1S/C11H11N3O3/c12-4-7-1-2-13-5-10(7)14-6-8(15)3-9(14)11(16)17/h1-2,5,8-9,15H,3,6H2,(H,16,17). The summed E-state index contributed by atoms with van der Waals surface area (Å²) in [6.07, 6.45) is 2.40. The molecule has 2 atom stereocenters. The van der Waals surface area contributed by atoms with Gasteiger partial charge in [0.25, 0.3) is 0 Å². The van der Waals surface area contributed by atoms with E-state index in [1.807, 2.05) is 6.07 Å². The Kier molecular flexibility index (Phi) is 2.93. The second-order valence-corrected chi connectivity index (χ2v) is 3.90. The van der Waals surface area contributed by atoms with Gasteiger partial charge in [0.15, 0.2) is 0 Å². The van der Waals surface area contributed by atoms with Crippen molar-refractivity contribution in [2.45, 2.75) is 18.6 Å². The Morgan fingerprint density at radius 2 is 2.41 bits per heavy atom. The molecule has 1 saturated heterocycles. The maximum Gasteiger partial charge on any atom is 0.326 e. The predicted molar refractivity (Wildman–Crippen MR) is 58.3 cm³/mol. The van der Waals surface area contributed by atoms with E-state index in [1.165, 1.54) is 23.4 Å². The molecule has 0 amide bonds. The van der Waals surface area contributed by atoms with Crippen LogP contribution < -0.4 is 4.90 Å². The van der Waals surface area contributed by atoms with Gasteiger partial charge in [-0.3, -0.25) is 4.98 Å². The van der Waals surface area contributed by atoms with Crippen LogP contribution in [-0.2, 0) is 4.79 Å². The van der Waals surface area contributed by atoms with Crippen molar-refractivity contribution in [2.75, 3.05) is 11.4 Å². The van der Waals surface area contributed by atoms with E-state index in [9.17, 15) is 9.90 Å². The Balaban J connectivity index is 2.39. The normalized spacial score (nSPS) is 23.4. The van der Waals surface area contributed by atoms with E-state index in [-0.39, 0.29) is 13.0 Å². The summed E-state index contributed by atoms with van der Waals surface area (Å²) >= 11 is 0. The minimum absolute atomic E-state index is 0.162. The number of hydrogen-bond acceptors (Lipinski definition) is 5. The first-order chi connectivity index (χ1) is 8.13. The number of rotatable bonds is 2. The van der Waals surface area contributed by atoms with Crippen LogP contribution in [0.4, 0.5) is 5.69 Å². The lowest BCUT2D eigenvalue weighted by Gasteiger charge is -2.23. The molecule has 17 heavy (non-hydrogen) atoms. The fraction of sp³-hybridized carbons (Fsp3) is 0.364. The summed E-state index contributed by atoms with van der Waals surface area (Å²) < 4.78 is 0. The van der Waals surface area contributed by atoms with E-state index < -0.39 is 18.1 Å². The molecule has 0 aliphatic carbocycles. The van der Waals surface area contributed by atoms with Crippen LogP contribution in [0, 0.1) is 11.3 Å². The van der Waals surface area contributed by atoms with Gasteiger partial charge < -0.3 is 15.1 Å². The van der Waals surface area contributed by atoms with Gasteiger partial charge in [-0.2, -0.15) is 5.26 Å². The number of carboxylic acid groups (broad SMARTS) is 1. The zero-order chi connectivity index (χ0) is 12.4. The minimum Gasteiger partial charge on any atom is -0.480 e. The highest BCUT2D eigenvalue weighted by Gasteiger charge is 2.37. The Morgan fingerprint density at radius 1 is 1.65 bits per heavy atom. The van der Waals surface area contributed by atoms with Crippen LogP contribution in [0.25, 0.3) is 0 Å². The Bertz CT molecular complexity index is 483. The fourth-order valence-electron chi connectivity index (χ4n) is 2.02. The van der Waals surface area contributed by atoms with Crippen molar-refractivity contribution in [1.29, 1.82) is 5.26 Å². The summed E-state index contributed by atoms with van der Waals surface area (Å²) in [5.41, 5.74) is 0.819. The van der Waals surface area contributed by atoms with E-state index >= 15 is 0 Å². The monoisotopic (exact) mass is 233 g/mol. The first-order valence-electron chi connectivity index (χ1n) is 5.15. The molecule has 88 valence electrons. The van der Waals surface area contributed by atoms with E-state index in [0.717, 1.165) is 0 Å². The van der Waals surface area contributed by atoms with Gasteiger partial charge in [-0.15, -0.1) is 0 Å². The van der Waals surface area contributed by atoms with Crippen molar-refractivity contribution in [3.63, 3.8) is 0 Å². The summed E-state index contributed by atoms with van der Waals surface area (Å²) in [5, 5.41) is 27.6. The maximum absolute atomic E-state index is 11.1. The molecule has 2 rings (SSSR count). The number of carboxylic acids is 1. The molecule has 0 aromatic carbocycles. The van der Waals surface area contributed by atoms with Crippen LogP contribution >= 0.6 is 0 Å². The van der Waals surface area contributed by atoms with Crippen molar-refractivity contribution in [1.82, 2.24) is 4.98 Å². The first kappa shape index (κ1) is 11.4. The van der Waals surface area contributed by atoms with Crippen molar-refractivity contribution in [2.24, 2.45) is 0 Å². The maximum atomic E-state index is 11.1. The summed E-state index contributed by atoms with van der Waals surface area (Å²) in [5.74, 6) is -1.01. The molecule has 6 nitrogen and oxygen atoms in total. The van der Waals surface area contributed by atoms with Crippen LogP contribution in [0.2, 0.25) is 0 Å². The SMILES string of the molecule is N#Cc1ccncc1N1CC(O)CC1C(=O)O. The summed E-state index contributed by atoms with van der Waals surface area (Å²) in [4.78, 5) is 16.5. The molecule has 0 bridgehead atoms. The van der Waals surface area contributed by atoms with Crippen LogP contribution in [0.3, 0.4) is 0 Å². The topological polar surface area (TPSA) is 97.5 Å². The molecule has 2 heterocycles. The van der Waals surface area contributed by atoms with Crippen LogP contribution in [0.15, 0.2) is 18.5 Å². The second kappa shape index (κ2) is 4.39. The van der Waals surface area contributed by atoms with E-state index in [0.29, 0.717) is 11.3 Å². The second-order valence-electron chi connectivity index (χ2n) is 3.90. The van der Waals surface area contributed by atoms with Crippen molar-refractivity contribution >= 4 is 11.7 Å². The molecule has 2 unspecified atom stereocenters. The molecule has 1 aliphatic heterocycles. The van der Waals surface area contributed by atoms with Crippen LogP contribution in [0.5, 0.6) is 0 Å². The summed E-state index contributed by atoms with van der Waals surface area (Å²) in [6.45, 7) is 0.206. The molecule has 0 spiro atoms. The van der Waals surface area contributed by atoms with Gasteiger partial charge in [-0.1, -0.05) is 0 Å². The van der Waals surface area contributed by atoms with Gasteiger partial charge in [0.2, 0.25) is 0 Å². The van der Waals surface area contributed by atoms with Gasteiger partial charge in [-0.05, 0) is 6.07 Å². The zero-order valence-corrected chi connectivity index (χ0v) is 8.95. The third-order valence-corrected chi connectivity index (χ3v) is 2.79.